The van der Waals surface area contributed by atoms with Crippen molar-refractivity contribution in [3.8, 4) is 0 Å². The lowest BCUT2D eigenvalue weighted by Crippen LogP contribution is -2.31. The van der Waals surface area contributed by atoms with Crippen LogP contribution in [0.4, 0.5) is 11.4 Å². The number of anilines is 2. The van der Waals surface area contributed by atoms with Gasteiger partial charge < -0.3 is 15.1 Å². The molecule has 5 nitrogen and oxygen atoms in total. The minimum absolute atomic E-state index is 0.0126. The van der Waals surface area contributed by atoms with E-state index in [1.165, 1.54) is 11.3 Å². The maximum atomic E-state index is 12.9. The fraction of sp³-hybridized carbons (Fsp3) is 0.455. The topological polar surface area (TPSA) is 52.7 Å². The Morgan fingerprint density at radius 3 is 2.50 bits per heavy atom. The van der Waals surface area contributed by atoms with Crippen LogP contribution in [0.25, 0.3) is 0 Å². The van der Waals surface area contributed by atoms with Gasteiger partial charge in [0.2, 0.25) is 5.91 Å². The first-order valence-corrected chi connectivity index (χ1v) is 10.6. The molecule has 0 aliphatic heterocycles. The number of hydrogen-bond donors (Lipinski definition) is 1. The fourth-order valence-electron chi connectivity index (χ4n) is 3.09. The molecule has 0 saturated carbocycles. The molecule has 0 atom stereocenters. The average molecular weight is 402 g/mol. The van der Waals surface area contributed by atoms with Crippen molar-refractivity contribution < 1.29 is 9.59 Å². The summed E-state index contributed by atoms with van der Waals surface area (Å²) in [4.78, 5) is 29.7. The molecule has 0 fully saturated rings. The molecule has 0 unspecified atom stereocenters. The summed E-state index contributed by atoms with van der Waals surface area (Å²) in [6.07, 6.45) is 1.38. The van der Waals surface area contributed by atoms with Crippen LogP contribution in [0.3, 0.4) is 0 Å². The van der Waals surface area contributed by atoms with E-state index < -0.39 is 0 Å². The van der Waals surface area contributed by atoms with Crippen molar-refractivity contribution >= 4 is 34.5 Å². The minimum atomic E-state index is 0.0126. The Balaban J connectivity index is 2.27. The van der Waals surface area contributed by atoms with E-state index in [1.54, 1.807) is 0 Å². The molecule has 0 bridgehead atoms. The molecule has 0 spiro atoms. The van der Waals surface area contributed by atoms with Gasteiger partial charge >= 0.3 is 0 Å². The van der Waals surface area contributed by atoms with Gasteiger partial charge in [0, 0.05) is 45.0 Å². The van der Waals surface area contributed by atoms with Gasteiger partial charge in [0.1, 0.15) is 0 Å². The first-order chi connectivity index (χ1) is 13.3. The molecule has 0 saturated heterocycles. The molecule has 0 aliphatic rings. The van der Waals surface area contributed by atoms with E-state index in [1.807, 2.05) is 73.5 Å². The number of thiophene rings is 1. The number of carbonyl (C=O) groups is 2. The van der Waals surface area contributed by atoms with Crippen LogP contribution >= 0.6 is 11.3 Å². The van der Waals surface area contributed by atoms with Crippen molar-refractivity contribution in [3.05, 3.63) is 46.2 Å². The van der Waals surface area contributed by atoms with Gasteiger partial charge in [0.05, 0.1) is 4.88 Å². The molecule has 1 N–H and O–H groups in total. The molecule has 6 heteroatoms. The Bertz CT molecular complexity index is 785. The first kappa shape index (κ1) is 22.0. The van der Waals surface area contributed by atoms with Crippen LogP contribution in [-0.4, -0.2) is 37.4 Å². The molecule has 2 rings (SSSR count). The van der Waals surface area contributed by atoms with Crippen molar-refractivity contribution in [1.29, 1.82) is 0 Å². The van der Waals surface area contributed by atoms with Crippen LogP contribution in [0.15, 0.2) is 35.7 Å². The Morgan fingerprint density at radius 1 is 1.18 bits per heavy atom. The lowest BCUT2D eigenvalue weighted by Gasteiger charge is -2.25. The van der Waals surface area contributed by atoms with Gasteiger partial charge in [-0.05, 0) is 47.5 Å². The summed E-state index contributed by atoms with van der Waals surface area (Å²) in [5, 5.41) is 4.91. The third-order valence-electron chi connectivity index (χ3n) is 4.31. The van der Waals surface area contributed by atoms with Gasteiger partial charge in [-0.2, -0.15) is 0 Å². The average Bonchev–Trinajstić information content (AvgIpc) is 3.14. The Labute approximate surface area is 172 Å². The highest BCUT2D eigenvalue weighted by molar-refractivity contribution is 7.12. The number of carbonyl (C=O) groups excluding carboxylic acids is 2. The fourth-order valence-corrected chi connectivity index (χ4v) is 3.78. The lowest BCUT2D eigenvalue weighted by molar-refractivity contribution is -0.116. The molecule has 1 aromatic heterocycles. The van der Waals surface area contributed by atoms with Crippen LogP contribution in [0.2, 0.25) is 0 Å². The van der Waals surface area contributed by atoms with E-state index in [0.717, 1.165) is 28.2 Å². The van der Waals surface area contributed by atoms with E-state index in [0.29, 0.717) is 25.4 Å². The number of amides is 2. The summed E-state index contributed by atoms with van der Waals surface area (Å²) in [6, 6.07) is 9.67. The standard InChI is InChI=1S/C22H31N3O2S/c1-6-11-25(22(27)20-8-7-12-28-20)15-17-14-18(9-10-19(17)24(4)5)23-21(26)13-16(2)3/h7-10,12,14,16H,6,11,13,15H2,1-5H3,(H,23,26). The van der Waals surface area contributed by atoms with Crippen LogP contribution in [-0.2, 0) is 11.3 Å². The third kappa shape index (κ3) is 6.09. The van der Waals surface area contributed by atoms with Gasteiger partial charge in [-0.1, -0.05) is 26.8 Å². The highest BCUT2D eigenvalue weighted by Crippen LogP contribution is 2.26. The predicted octanol–water partition coefficient (Wildman–Crippen LogP) is 4.85. The molecule has 152 valence electrons. The normalized spacial score (nSPS) is 10.8. The van der Waals surface area contributed by atoms with Crippen molar-refractivity contribution in [1.82, 2.24) is 4.90 Å². The summed E-state index contributed by atoms with van der Waals surface area (Å²) in [5.74, 6) is 0.374. The number of hydrogen-bond acceptors (Lipinski definition) is 4. The van der Waals surface area contributed by atoms with E-state index in [2.05, 4.69) is 12.2 Å². The third-order valence-corrected chi connectivity index (χ3v) is 5.17. The van der Waals surface area contributed by atoms with Crippen LogP contribution in [0, 0.1) is 5.92 Å². The molecular weight excluding hydrogens is 370 g/mol. The van der Waals surface area contributed by atoms with Crippen molar-refractivity contribution in [2.45, 2.75) is 40.2 Å². The van der Waals surface area contributed by atoms with E-state index in [9.17, 15) is 9.59 Å². The second-order valence-electron chi connectivity index (χ2n) is 7.59. The van der Waals surface area contributed by atoms with Crippen LogP contribution in [0.1, 0.15) is 48.8 Å². The second kappa shape index (κ2) is 10.3. The zero-order valence-corrected chi connectivity index (χ0v) is 18.3. The lowest BCUT2D eigenvalue weighted by atomic mass is 10.1. The number of nitrogens with zero attached hydrogens (tertiary/aromatic N) is 2. The zero-order valence-electron chi connectivity index (χ0n) is 17.5. The quantitative estimate of drug-likeness (QED) is 0.653. The number of rotatable bonds is 9. The van der Waals surface area contributed by atoms with E-state index >= 15 is 0 Å². The number of benzene rings is 1. The second-order valence-corrected chi connectivity index (χ2v) is 8.54. The summed E-state index contributed by atoms with van der Waals surface area (Å²) < 4.78 is 0. The predicted molar refractivity (Wildman–Crippen MR) is 118 cm³/mol. The van der Waals surface area contributed by atoms with Crippen LogP contribution < -0.4 is 10.2 Å². The summed E-state index contributed by atoms with van der Waals surface area (Å²) in [7, 11) is 3.97. The van der Waals surface area contributed by atoms with Gasteiger partial charge in [-0.25, -0.2) is 0 Å². The van der Waals surface area contributed by atoms with Crippen molar-refractivity contribution in [3.63, 3.8) is 0 Å². The van der Waals surface area contributed by atoms with Gasteiger partial charge in [-0.3, -0.25) is 9.59 Å². The first-order valence-electron chi connectivity index (χ1n) is 9.74. The summed E-state index contributed by atoms with van der Waals surface area (Å²) in [6.45, 7) is 7.32. The maximum absolute atomic E-state index is 12.9. The number of nitrogens with one attached hydrogen (secondary N) is 1. The van der Waals surface area contributed by atoms with Gasteiger partial charge in [0.15, 0.2) is 0 Å². The molecule has 0 radical (unpaired) electrons. The molecular formula is C22H31N3O2S. The smallest absolute Gasteiger partial charge is 0.264 e. The highest BCUT2D eigenvalue weighted by Gasteiger charge is 2.19. The maximum Gasteiger partial charge on any atom is 0.264 e. The van der Waals surface area contributed by atoms with E-state index in [4.69, 9.17) is 0 Å². The monoisotopic (exact) mass is 401 g/mol. The van der Waals surface area contributed by atoms with Crippen molar-refractivity contribution in [2.75, 3.05) is 30.9 Å². The van der Waals surface area contributed by atoms with Gasteiger partial charge in [0.25, 0.3) is 5.91 Å². The molecule has 1 heterocycles. The van der Waals surface area contributed by atoms with E-state index in [-0.39, 0.29) is 11.8 Å². The molecule has 28 heavy (non-hydrogen) atoms. The Kier molecular flexibility index (Phi) is 8.05. The Hall–Kier alpha value is -2.34. The molecule has 2 aromatic rings. The minimum Gasteiger partial charge on any atom is -0.377 e. The largest absolute Gasteiger partial charge is 0.377 e. The summed E-state index contributed by atoms with van der Waals surface area (Å²) in [5.41, 5.74) is 2.83. The highest BCUT2D eigenvalue weighted by atomic mass is 32.1. The zero-order chi connectivity index (χ0) is 20.7. The molecule has 2 amide bonds. The van der Waals surface area contributed by atoms with Crippen molar-refractivity contribution in [2.24, 2.45) is 5.92 Å². The summed E-state index contributed by atoms with van der Waals surface area (Å²) >= 11 is 1.46. The van der Waals surface area contributed by atoms with Crippen LogP contribution in [0.5, 0.6) is 0 Å². The Morgan fingerprint density at radius 2 is 1.93 bits per heavy atom. The van der Waals surface area contributed by atoms with Gasteiger partial charge in [-0.15, -0.1) is 11.3 Å². The molecule has 1 aromatic carbocycles. The SMILES string of the molecule is CCCN(Cc1cc(NC(=O)CC(C)C)ccc1N(C)C)C(=O)c1cccs1. The molecule has 0 aliphatic carbocycles.